The molecule has 1 aromatic heterocycles. The van der Waals surface area contributed by atoms with E-state index in [9.17, 15) is 4.79 Å². The van der Waals surface area contributed by atoms with Gasteiger partial charge in [0.1, 0.15) is 5.75 Å². The molecule has 0 saturated carbocycles. The number of hydrogen-bond donors (Lipinski definition) is 3. The highest BCUT2D eigenvalue weighted by atomic mass is 127. The third kappa shape index (κ3) is 7.83. The van der Waals surface area contributed by atoms with Gasteiger partial charge in [-0.25, -0.2) is 0 Å². The molecule has 2 heterocycles. The first-order chi connectivity index (χ1) is 15.6. The predicted molar refractivity (Wildman–Crippen MR) is 143 cm³/mol. The van der Waals surface area contributed by atoms with Crippen LogP contribution in [0.5, 0.6) is 5.75 Å². The number of furan rings is 1. The van der Waals surface area contributed by atoms with E-state index in [4.69, 9.17) is 14.1 Å². The molecule has 3 N–H and O–H groups in total. The van der Waals surface area contributed by atoms with Crippen molar-refractivity contribution in [3.8, 4) is 5.75 Å². The van der Waals surface area contributed by atoms with Gasteiger partial charge in [0, 0.05) is 44.3 Å². The van der Waals surface area contributed by atoms with Crippen LogP contribution in [-0.2, 0) is 0 Å². The first kappa shape index (κ1) is 26.8. The Bertz CT molecular complexity index is 902. The molecule has 3 rings (SSSR count). The number of para-hydroxylation sites is 2. The Labute approximate surface area is 213 Å². The Kier molecular flexibility index (Phi) is 11.4. The number of piperidine rings is 1. The molecule has 0 spiro atoms. The number of ether oxygens (including phenoxy) is 1. The lowest BCUT2D eigenvalue weighted by Crippen LogP contribution is -2.51. The first-order valence-electron chi connectivity index (χ1n) is 11.4. The second-order valence-corrected chi connectivity index (χ2v) is 7.90. The summed E-state index contributed by atoms with van der Waals surface area (Å²) in [5.41, 5.74) is 1.97. The van der Waals surface area contributed by atoms with Gasteiger partial charge in [-0.2, -0.15) is 0 Å². The summed E-state index contributed by atoms with van der Waals surface area (Å²) < 4.78 is 10.8. The number of anilines is 1. The second kappa shape index (κ2) is 14.0. The van der Waals surface area contributed by atoms with Crippen molar-refractivity contribution in [3.63, 3.8) is 0 Å². The molecular formula is C24H36IN5O3. The lowest BCUT2D eigenvalue weighted by Gasteiger charge is -2.36. The number of halogens is 1. The fourth-order valence-corrected chi connectivity index (χ4v) is 3.88. The second-order valence-electron chi connectivity index (χ2n) is 7.90. The zero-order chi connectivity index (χ0) is 22.8. The molecule has 9 heteroatoms. The van der Waals surface area contributed by atoms with Crippen LogP contribution in [0.4, 0.5) is 5.69 Å². The Morgan fingerprint density at radius 1 is 1.27 bits per heavy atom. The molecule has 1 fully saturated rings. The van der Waals surface area contributed by atoms with Crippen molar-refractivity contribution in [2.45, 2.75) is 39.2 Å². The standard InChI is InChI=1S/C24H35N5O3.HI/c1-4-25-24(27-14-8-13-26-23(30)22-18(2)12-16-32-22)28-19-9-7-15-29(17-19)20-10-5-6-11-21(20)31-3;/h5-6,10-12,16,19H,4,7-9,13-15,17H2,1-3H3,(H,26,30)(H2,25,27,28);1H. The third-order valence-electron chi connectivity index (χ3n) is 5.49. The number of aliphatic imine (C=N–C) groups is 1. The highest BCUT2D eigenvalue weighted by Crippen LogP contribution is 2.29. The Balaban J connectivity index is 0.00000385. The lowest BCUT2D eigenvalue weighted by atomic mass is 10.0. The number of nitrogens with zero attached hydrogens (tertiary/aromatic N) is 2. The number of aryl methyl sites for hydroxylation is 1. The summed E-state index contributed by atoms with van der Waals surface area (Å²) in [6, 6.07) is 10.2. The molecule has 1 amide bonds. The van der Waals surface area contributed by atoms with Gasteiger partial charge in [0.2, 0.25) is 0 Å². The van der Waals surface area contributed by atoms with Gasteiger partial charge in [-0.3, -0.25) is 9.79 Å². The summed E-state index contributed by atoms with van der Waals surface area (Å²) in [5, 5.41) is 9.79. The van der Waals surface area contributed by atoms with Crippen LogP contribution < -0.4 is 25.6 Å². The van der Waals surface area contributed by atoms with Crippen LogP contribution in [0.3, 0.4) is 0 Å². The number of rotatable bonds is 9. The quantitative estimate of drug-likeness (QED) is 0.185. The van der Waals surface area contributed by atoms with E-state index in [1.54, 1.807) is 13.2 Å². The molecule has 8 nitrogen and oxygen atoms in total. The molecule has 1 aliphatic rings. The van der Waals surface area contributed by atoms with E-state index in [-0.39, 0.29) is 29.9 Å². The summed E-state index contributed by atoms with van der Waals surface area (Å²) in [6.45, 7) is 7.79. The minimum atomic E-state index is -0.180. The summed E-state index contributed by atoms with van der Waals surface area (Å²) in [5.74, 6) is 1.91. The Hall–Kier alpha value is -2.43. The van der Waals surface area contributed by atoms with Crippen molar-refractivity contribution >= 4 is 41.5 Å². The number of guanidine groups is 1. The minimum absolute atomic E-state index is 0. The monoisotopic (exact) mass is 569 g/mol. The fourth-order valence-electron chi connectivity index (χ4n) is 3.88. The topological polar surface area (TPSA) is 91.1 Å². The molecule has 0 aliphatic carbocycles. The number of methoxy groups -OCH3 is 1. The van der Waals surface area contributed by atoms with Gasteiger partial charge in [-0.05, 0) is 51.3 Å². The van der Waals surface area contributed by atoms with Crippen LogP contribution in [0.25, 0.3) is 0 Å². The van der Waals surface area contributed by atoms with E-state index in [2.05, 4.69) is 33.8 Å². The molecule has 33 heavy (non-hydrogen) atoms. The van der Waals surface area contributed by atoms with Gasteiger partial charge in [0.05, 0.1) is 19.1 Å². The largest absolute Gasteiger partial charge is 0.495 e. The van der Waals surface area contributed by atoms with Crippen molar-refractivity contribution < 1.29 is 13.9 Å². The van der Waals surface area contributed by atoms with Gasteiger partial charge < -0.3 is 30.0 Å². The summed E-state index contributed by atoms with van der Waals surface area (Å²) >= 11 is 0. The summed E-state index contributed by atoms with van der Waals surface area (Å²) in [4.78, 5) is 19.2. The molecule has 1 aromatic carbocycles. The Morgan fingerprint density at radius 3 is 2.82 bits per heavy atom. The summed E-state index contributed by atoms with van der Waals surface area (Å²) in [7, 11) is 1.71. The van der Waals surface area contributed by atoms with E-state index < -0.39 is 0 Å². The van der Waals surface area contributed by atoms with Crippen LogP contribution in [0.1, 0.15) is 42.3 Å². The van der Waals surface area contributed by atoms with Crippen molar-refractivity contribution in [2.24, 2.45) is 4.99 Å². The molecular weight excluding hydrogens is 533 g/mol. The fraction of sp³-hybridized carbons (Fsp3) is 0.500. The lowest BCUT2D eigenvalue weighted by molar-refractivity contribution is 0.0925. The smallest absolute Gasteiger partial charge is 0.287 e. The van der Waals surface area contributed by atoms with Crippen molar-refractivity contribution in [2.75, 3.05) is 44.7 Å². The maximum Gasteiger partial charge on any atom is 0.287 e. The van der Waals surface area contributed by atoms with Crippen molar-refractivity contribution in [1.82, 2.24) is 16.0 Å². The van der Waals surface area contributed by atoms with E-state index in [0.29, 0.717) is 24.9 Å². The highest BCUT2D eigenvalue weighted by Gasteiger charge is 2.22. The van der Waals surface area contributed by atoms with Gasteiger partial charge in [0.15, 0.2) is 11.7 Å². The number of carbonyl (C=O) groups excluding carboxylic acids is 1. The number of amides is 1. The third-order valence-corrected chi connectivity index (χ3v) is 5.49. The molecule has 1 aliphatic heterocycles. The number of nitrogens with one attached hydrogen (secondary N) is 3. The van der Waals surface area contributed by atoms with Crippen LogP contribution in [0.2, 0.25) is 0 Å². The SMILES string of the molecule is CCNC(=NCCCNC(=O)c1occc1C)NC1CCCN(c2ccccc2OC)C1.I. The first-order valence-corrected chi connectivity index (χ1v) is 11.4. The zero-order valence-corrected chi connectivity index (χ0v) is 22.1. The molecule has 182 valence electrons. The molecule has 0 radical (unpaired) electrons. The van der Waals surface area contributed by atoms with Crippen molar-refractivity contribution in [3.05, 3.63) is 47.9 Å². The number of carbonyl (C=O) groups is 1. The molecule has 1 unspecified atom stereocenters. The highest BCUT2D eigenvalue weighted by molar-refractivity contribution is 14.0. The average molecular weight is 569 g/mol. The minimum Gasteiger partial charge on any atom is -0.495 e. The molecule has 2 aromatic rings. The molecule has 0 bridgehead atoms. The van der Waals surface area contributed by atoms with Crippen LogP contribution in [-0.4, -0.2) is 57.7 Å². The maximum absolute atomic E-state index is 12.1. The molecule has 1 atom stereocenters. The predicted octanol–water partition coefficient (Wildman–Crippen LogP) is 3.56. The van der Waals surface area contributed by atoms with E-state index in [1.807, 2.05) is 25.1 Å². The summed E-state index contributed by atoms with van der Waals surface area (Å²) in [6.07, 6.45) is 4.48. The van der Waals surface area contributed by atoms with Gasteiger partial charge >= 0.3 is 0 Å². The maximum atomic E-state index is 12.1. The van der Waals surface area contributed by atoms with Crippen LogP contribution in [0.15, 0.2) is 46.0 Å². The zero-order valence-electron chi connectivity index (χ0n) is 19.7. The Morgan fingerprint density at radius 2 is 2.09 bits per heavy atom. The average Bonchev–Trinajstić information content (AvgIpc) is 3.25. The molecule has 1 saturated heterocycles. The van der Waals surface area contributed by atoms with Gasteiger partial charge in [0.25, 0.3) is 5.91 Å². The van der Waals surface area contributed by atoms with Gasteiger partial charge in [-0.15, -0.1) is 24.0 Å². The van der Waals surface area contributed by atoms with E-state index in [1.165, 1.54) is 6.26 Å². The number of hydrogen-bond acceptors (Lipinski definition) is 5. The van der Waals surface area contributed by atoms with E-state index >= 15 is 0 Å². The van der Waals surface area contributed by atoms with Gasteiger partial charge in [-0.1, -0.05) is 12.1 Å². The normalized spacial score (nSPS) is 16.0. The number of benzene rings is 1. The van der Waals surface area contributed by atoms with Crippen LogP contribution in [0, 0.1) is 6.92 Å². The van der Waals surface area contributed by atoms with E-state index in [0.717, 1.165) is 61.9 Å². The van der Waals surface area contributed by atoms with Crippen molar-refractivity contribution in [1.29, 1.82) is 0 Å². The van der Waals surface area contributed by atoms with Crippen LogP contribution >= 0.6 is 24.0 Å².